The number of hydrogen-bond donors (Lipinski definition) is 1. The third kappa shape index (κ3) is 2.39. The second-order valence-corrected chi connectivity index (χ2v) is 7.73. The van der Waals surface area contributed by atoms with Crippen molar-refractivity contribution < 1.29 is 18.0 Å². The molecular formula is C15H18N2O4S. The molecule has 0 unspecified atom stereocenters. The molecule has 2 aliphatic rings. The minimum absolute atomic E-state index is 0.0868. The molecule has 1 aliphatic carbocycles. The van der Waals surface area contributed by atoms with Crippen LogP contribution < -0.4 is 5.32 Å². The summed E-state index contributed by atoms with van der Waals surface area (Å²) in [7, 11) is -2.60. The van der Waals surface area contributed by atoms with Crippen molar-refractivity contribution in [3.63, 3.8) is 0 Å². The number of sulfonamides is 1. The highest BCUT2D eigenvalue weighted by Gasteiger charge is 2.39. The van der Waals surface area contributed by atoms with Gasteiger partial charge < -0.3 is 5.32 Å². The maximum Gasteiger partial charge on any atom is 0.268 e. The molecule has 7 heteroatoms. The van der Waals surface area contributed by atoms with Crippen LogP contribution in [0.5, 0.6) is 0 Å². The predicted octanol–water partition coefficient (Wildman–Crippen LogP) is 1.52. The molecule has 0 saturated heterocycles. The van der Waals surface area contributed by atoms with E-state index in [-0.39, 0.29) is 28.0 Å². The zero-order valence-corrected chi connectivity index (χ0v) is 13.1. The molecule has 2 amide bonds. The first-order valence-electron chi connectivity index (χ1n) is 7.39. The van der Waals surface area contributed by atoms with Gasteiger partial charge in [-0.1, -0.05) is 19.3 Å². The molecule has 0 radical (unpaired) electrons. The lowest BCUT2D eigenvalue weighted by atomic mass is 9.95. The number of nitrogens with one attached hydrogen (secondary N) is 1. The number of carbonyl (C=O) groups excluding carboxylic acids is 2. The topological polar surface area (TPSA) is 83.6 Å². The van der Waals surface area contributed by atoms with Crippen molar-refractivity contribution in [3.05, 3.63) is 29.3 Å². The lowest BCUT2D eigenvalue weighted by Gasteiger charge is -2.22. The summed E-state index contributed by atoms with van der Waals surface area (Å²) in [6.07, 6.45) is 5.30. The van der Waals surface area contributed by atoms with Crippen molar-refractivity contribution in [1.29, 1.82) is 0 Å². The molecule has 1 fully saturated rings. The van der Waals surface area contributed by atoms with Crippen LogP contribution >= 0.6 is 0 Å². The van der Waals surface area contributed by atoms with Gasteiger partial charge in [-0.3, -0.25) is 9.59 Å². The number of amides is 2. The van der Waals surface area contributed by atoms with Crippen LogP contribution in [0.2, 0.25) is 0 Å². The largest absolute Gasteiger partial charge is 0.349 e. The van der Waals surface area contributed by atoms with Gasteiger partial charge in [0, 0.05) is 18.7 Å². The standard InChI is InChI=1S/C15H18N2O4S/c1-17-15(19)12-8-7-10(9-13(12)22(17,20)21)14(18)16-11-5-3-2-4-6-11/h7-9,11H,2-6H2,1H3,(H,16,18). The summed E-state index contributed by atoms with van der Waals surface area (Å²) >= 11 is 0. The minimum atomic E-state index is -3.82. The summed E-state index contributed by atoms with van der Waals surface area (Å²) in [5, 5.41) is 2.94. The van der Waals surface area contributed by atoms with Gasteiger partial charge in [-0.25, -0.2) is 12.7 Å². The molecule has 0 atom stereocenters. The highest BCUT2D eigenvalue weighted by Crippen LogP contribution is 2.29. The van der Waals surface area contributed by atoms with E-state index in [9.17, 15) is 18.0 Å². The van der Waals surface area contributed by atoms with E-state index in [2.05, 4.69) is 5.32 Å². The lowest BCUT2D eigenvalue weighted by molar-refractivity contribution is 0.0888. The Labute approximate surface area is 129 Å². The maximum atomic E-state index is 12.3. The molecule has 1 aliphatic heterocycles. The first kappa shape index (κ1) is 15.0. The average molecular weight is 322 g/mol. The Balaban J connectivity index is 1.87. The van der Waals surface area contributed by atoms with Crippen LogP contribution in [0.4, 0.5) is 0 Å². The van der Waals surface area contributed by atoms with Crippen molar-refractivity contribution >= 4 is 21.8 Å². The zero-order valence-electron chi connectivity index (χ0n) is 12.3. The van der Waals surface area contributed by atoms with Crippen molar-refractivity contribution in [2.75, 3.05) is 7.05 Å². The Morgan fingerprint density at radius 1 is 1.23 bits per heavy atom. The monoisotopic (exact) mass is 322 g/mol. The Morgan fingerprint density at radius 3 is 2.59 bits per heavy atom. The van der Waals surface area contributed by atoms with Crippen LogP contribution in [0.15, 0.2) is 23.1 Å². The number of hydrogen-bond acceptors (Lipinski definition) is 4. The molecule has 1 N–H and O–H groups in total. The second kappa shape index (κ2) is 5.39. The van der Waals surface area contributed by atoms with E-state index in [0.717, 1.165) is 25.7 Å². The molecule has 0 bridgehead atoms. The zero-order chi connectivity index (χ0) is 15.9. The van der Waals surface area contributed by atoms with E-state index >= 15 is 0 Å². The molecule has 0 spiro atoms. The summed E-state index contributed by atoms with van der Waals surface area (Å²) in [6, 6.07) is 4.36. The van der Waals surface area contributed by atoms with Gasteiger partial charge >= 0.3 is 0 Å². The molecular weight excluding hydrogens is 304 g/mol. The Morgan fingerprint density at radius 2 is 1.91 bits per heavy atom. The number of carbonyl (C=O) groups is 2. The molecule has 22 heavy (non-hydrogen) atoms. The van der Waals surface area contributed by atoms with Crippen molar-refractivity contribution in [2.24, 2.45) is 0 Å². The fraction of sp³-hybridized carbons (Fsp3) is 0.467. The van der Waals surface area contributed by atoms with E-state index in [1.165, 1.54) is 31.7 Å². The van der Waals surface area contributed by atoms with Gasteiger partial charge in [-0.05, 0) is 31.0 Å². The van der Waals surface area contributed by atoms with Gasteiger partial charge in [-0.15, -0.1) is 0 Å². The third-order valence-electron chi connectivity index (χ3n) is 4.34. The van der Waals surface area contributed by atoms with E-state index in [1.807, 2.05) is 0 Å². The van der Waals surface area contributed by atoms with Gasteiger partial charge in [0.2, 0.25) is 0 Å². The third-order valence-corrected chi connectivity index (χ3v) is 6.12. The molecule has 1 aromatic rings. The lowest BCUT2D eigenvalue weighted by Crippen LogP contribution is -2.36. The molecule has 1 saturated carbocycles. The normalized spacial score (nSPS) is 20.8. The van der Waals surface area contributed by atoms with Gasteiger partial charge in [0.15, 0.2) is 0 Å². The van der Waals surface area contributed by atoms with Crippen molar-refractivity contribution in [1.82, 2.24) is 9.62 Å². The molecule has 1 aromatic carbocycles. The summed E-state index contributed by atoms with van der Waals surface area (Å²) < 4.78 is 25.0. The highest BCUT2D eigenvalue weighted by atomic mass is 32.2. The van der Waals surface area contributed by atoms with Crippen LogP contribution in [0.1, 0.15) is 52.8 Å². The molecule has 6 nitrogen and oxygen atoms in total. The van der Waals surface area contributed by atoms with Crippen LogP contribution in [-0.2, 0) is 10.0 Å². The van der Waals surface area contributed by atoms with Crippen molar-refractivity contribution in [2.45, 2.75) is 43.0 Å². The minimum Gasteiger partial charge on any atom is -0.349 e. The fourth-order valence-corrected chi connectivity index (χ4v) is 4.32. The van der Waals surface area contributed by atoms with E-state index < -0.39 is 15.9 Å². The predicted molar refractivity (Wildman–Crippen MR) is 80.1 cm³/mol. The number of benzene rings is 1. The average Bonchev–Trinajstić information content (AvgIpc) is 2.69. The molecule has 0 aromatic heterocycles. The van der Waals surface area contributed by atoms with Gasteiger partial charge in [0.05, 0.1) is 5.56 Å². The smallest absolute Gasteiger partial charge is 0.268 e. The summed E-state index contributed by atoms with van der Waals surface area (Å²) in [5.41, 5.74) is 0.396. The maximum absolute atomic E-state index is 12.3. The quantitative estimate of drug-likeness (QED) is 0.895. The van der Waals surface area contributed by atoms with Gasteiger partial charge in [0.25, 0.3) is 21.8 Å². The summed E-state index contributed by atoms with van der Waals surface area (Å²) in [5.74, 6) is -0.846. The Hall–Kier alpha value is -1.89. The van der Waals surface area contributed by atoms with Crippen molar-refractivity contribution in [3.8, 4) is 0 Å². The number of fused-ring (bicyclic) bond motifs is 1. The van der Waals surface area contributed by atoms with Crippen LogP contribution in [-0.4, -0.2) is 37.6 Å². The summed E-state index contributed by atoms with van der Waals surface area (Å²) in [4.78, 5) is 24.1. The summed E-state index contributed by atoms with van der Waals surface area (Å²) in [6.45, 7) is 0. The molecule has 3 rings (SSSR count). The fourth-order valence-electron chi connectivity index (χ4n) is 3.00. The van der Waals surface area contributed by atoms with Gasteiger partial charge in [-0.2, -0.15) is 0 Å². The van der Waals surface area contributed by atoms with Gasteiger partial charge in [0.1, 0.15) is 4.90 Å². The number of rotatable bonds is 2. The Kier molecular flexibility index (Phi) is 3.68. The second-order valence-electron chi connectivity index (χ2n) is 5.80. The molecule has 1 heterocycles. The Bertz CT molecular complexity index is 736. The van der Waals surface area contributed by atoms with Crippen LogP contribution in [0, 0.1) is 0 Å². The molecule has 118 valence electrons. The van der Waals surface area contributed by atoms with E-state index in [1.54, 1.807) is 0 Å². The first-order valence-corrected chi connectivity index (χ1v) is 8.83. The highest BCUT2D eigenvalue weighted by molar-refractivity contribution is 7.90. The SMILES string of the molecule is CN1C(=O)c2ccc(C(=O)NC3CCCCC3)cc2S1(=O)=O. The van der Waals surface area contributed by atoms with Crippen LogP contribution in [0.25, 0.3) is 0 Å². The van der Waals surface area contributed by atoms with Crippen LogP contribution in [0.3, 0.4) is 0 Å². The first-order chi connectivity index (χ1) is 10.4. The number of nitrogens with zero attached hydrogens (tertiary/aromatic N) is 1. The van der Waals surface area contributed by atoms with E-state index in [4.69, 9.17) is 0 Å². The van der Waals surface area contributed by atoms with E-state index in [0.29, 0.717) is 4.31 Å².